The van der Waals surface area contributed by atoms with Gasteiger partial charge in [-0.3, -0.25) is 0 Å². The molecule has 174 valence electrons. The van der Waals surface area contributed by atoms with Crippen LogP contribution in [0.2, 0.25) is 0 Å². The quantitative estimate of drug-likeness (QED) is 0.367. The zero-order valence-electron chi connectivity index (χ0n) is 18.6. The molecule has 0 N–H and O–H groups in total. The van der Waals surface area contributed by atoms with Gasteiger partial charge >= 0.3 is 6.18 Å². The standard InChI is InChI=1S/C25H40F4O/c1-2-3-18-4-6-19(7-5-18)8-9-20-10-12-21(13-11-20)22-14-15-24(30-17-22)23(26)16-25(27,28)29/h16,18-22,24H,2-15,17H2,1H3/b23-16-. The SMILES string of the molecule is CCCC1CCC(CCC2CCC(C3CCC(/C(F)=C/C(F)(F)F)OC3)CC2)CC1. The Balaban J connectivity index is 1.31. The van der Waals surface area contributed by atoms with Crippen LogP contribution in [0, 0.1) is 29.6 Å². The van der Waals surface area contributed by atoms with E-state index in [2.05, 4.69) is 6.92 Å². The molecule has 0 aromatic heterocycles. The third-order valence-corrected chi connectivity index (χ3v) is 8.12. The number of hydrogen-bond acceptors (Lipinski definition) is 1. The van der Waals surface area contributed by atoms with Crippen LogP contribution in [0.25, 0.3) is 0 Å². The van der Waals surface area contributed by atoms with E-state index in [1.165, 1.54) is 77.0 Å². The van der Waals surface area contributed by atoms with Gasteiger partial charge in [-0.15, -0.1) is 0 Å². The molecule has 0 spiro atoms. The highest BCUT2D eigenvalue weighted by Crippen LogP contribution is 2.41. The molecule has 0 bridgehead atoms. The van der Waals surface area contributed by atoms with Crippen molar-refractivity contribution in [2.75, 3.05) is 6.61 Å². The lowest BCUT2D eigenvalue weighted by atomic mass is 9.71. The molecule has 0 aromatic rings. The van der Waals surface area contributed by atoms with Crippen molar-refractivity contribution in [2.24, 2.45) is 29.6 Å². The van der Waals surface area contributed by atoms with Gasteiger partial charge in [-0.25, -0.2) is 4.39 Å². The van der Waals surface area contributed by atoms with Crippen LogP contribution in [-0.4, -0.2) is 18.9 Å². The molecule has 0 radical (unpaired) electrons. The smallest absolute Gasteiger partial charge is 0.371 e. The summed E-state index contributed by atoms with van der Waals surface area (Å²) in [6, 6.07) is 0. The minimum Gasteiger partial charge on any atom is -0.371 e. The first kappa shape index (κ1) is 24.1. The topological polar surface area (TPSA) is 9.23 Å². The average molecular weight is 433 g/mol. The van der Waals surface area contributed by atoms with Gasteiger partial charge in [-0.1, -0.05) is 71.1 Å². The van der Waals surface area contributed by atoms with Gasteiger partial charge in [0.1, 0.15) is 11.9 Å². The summed E-state index contributed by atoms with van der Waals surface area (Å²) >= 11 is 0. The number of hydrogen-bond donors (Lipinski definition) is 0. The maximum absolute atomic E-state index is 13.7. The van der Waals surface area contributed by atoms with Gasteiger partial charge in [-0.05, 0) is 55.3 Å². The molecule has 5 heteroatoms. The Bertz CT molecular complexity index is 520. The van der Waals surface area contributed by atoms with Gasteiger partial charge in [0.05, 0.1) is 12.7 Å². The Labute approximate surface area is 180 Å². The number of rotatable bonds is 7. The minimum atomic E-state index is -4.61. The van der Waals surface area contributed by atoms with Gasteiger partial charge in [0.15, 0.2) is 0 Å². The van der Waals surface area contributed by atoms with E-state index in [0.29, 0.717) is 24.9 Å². The number of alkyl halides is 3. The molecule has 0 aromatic carbocycles. The Hall–Kier alpha value is -0.580. The highest BCUT2D eigenvalue weighted by molar-refractivity contribution is 5.04. The van der Waals surface area contributed by atoms with E-state index >= 15 is 0 Å². The van der Waals surface area contributed by atoms with Crippen molar-refractivity contribution in [2.45, 2.75) is 109 Å². The fourth-order valence-corrected chi connectivity index (χ4v) is 6.25. The summed E-state index contributed by atoms with van der Waals surface area (Å²) in [5.41, 5.74) is 0. The molecule has 2 atom stereocenters. The Morgan fingerprint density at radius 3 is 1.73 bits per heavy atom. The fraction of sp³-hybridized carbons (Fsp3) is 0.920. The largest absolute Gasteiger partial charge is 0.412 e. The van der Waals surface area contributed by atoms with Crippen LogP contribution in [0.3, 0.4) is 0 Å². The van der Waals surface area contributed by atoms with E-state index in [9.17, 15) is 17.6 Å². The van der Waals surface area contributed by atoms with Crippen molar-refractivity contribution >= 4 is 0 Å². The van der Waals surface area contributed by atoms with Crippen molar-refractivity contribution < 1.29 is 22.3 Å². The second-order valence-electron chi connectivity index (χ2n) is 10.3. The van der Waals surface area contributed by atoms with Crippen molar-refractivity contribution in [3.63, 3.8) is 0 Å². The summed E-state index contributed by atoms with van der Waals surface area (Å²) in [6.07, 6.45) is 11.5. The maximum Gasteiger partial charge on any atom is 0.412 e. The molecule has 1 saturated heterocycles. The van der Waals surface area contributed by atoms with E-state index < -0.39 is 18.1 Å². The zero-order chi connectivity index (χ0) is 21.6. The molecule has 2 unspecified atom stereocenters. The minimum absolute atomic E-state index is 0.251. The molecule has 0 amide bonds. The molecule has 3 rings (SSSR count). The lowest BCUT2D eigenvalue weighted by Crippen LogP contribution is -2.33. The first-order valence-corrected chi connectivity index (χ1v) is 12.4. The van der Waals surface area contributed by atoms with E-state index in [4.69, 9.17) is 4.74 Å². The summed E-state index contributed by atoms with van der Waals surface area (Å²) in [4.78, 5) is 0. The zero-order valence-corrected chi connectivity index (χ0v) is 18.6. The van der Waals surface area contributed by atoms with Crippen LogP contribution in [0.5, 0.6) is 0 Å². The van der Waals surface area contributed by atoms with Gasteiger partial charge in [0, 0.05) is 0 Å². The summed E-state index contributed by atoms with van der Waals surface area (Å²) in [6.45, 7) is 2.70. The monoisotopic (exact) mass is 432 g/mol. The van der Waals surface area contributed by atoms with Crippen LogP contribution in [0.15, 0.2) is 11.9 Å². The van der Waals surface area contributed by atoms with Crippen molar-refractivity contribution in [1.29, 1.82) is 0 Å². The predicted octanol–water partition coefficient (Wildman–Crippen LogP) is 8.39. The second-order valence-corrected chi connectivity index (χ2v) is 10.3. The van der Waals surface area contributed by atoms with Gasteiger partial charge in [-0.2, -0.15) is 13.2 Å². The molecule has 3 fully saturated rings. The number of ether oxygens (including phenoxy) is 1. The second kappa shape index (κ2) is 11.3. The average Bonchev–Trinajstić information content (AvgIpc) is 2.73. The van der Waals surface area contributed by atoms with E-state index in [0.717, 1.165) is 24.2 Å². The third-order valence-electron chi connectivity index (χ3n) is 8.12. The fourth-order valence-electron chi connectivity index (χ4n) is 6.25. The van der Waals surface area contributed by atoms with Crippen LogP contribution < -0.4 is 0 Å². The normalized spacial score (nSPS) is 36.6. The molecule has 1 nitrogen and oxygen atoms in total. The van der Waals surface area contributed by atoms with Crippen LogP contribution >= 0.6 is 0 Å². The summed E-state index contributed by atoms with van der Waals surface area (Å²) in [7, 11) is 0. The van der Waals surface area contributed by atoms with Crippen LogP contribution in [0.1, 0.15) is 96.8 Å². The molecule has 2 saturated carbocycles. The highest BCUT2D eigenvalue weighted by atomic mass is 19.4. The van der Waals surface area contributed by atoms with Crippen LogP contribution in [-0.2, 0) is 4.74 Å². The lowest BCUT2D eigenvalue weighted by molar-refractivity contribution is -0.0855. The van der Waals surface area contributed by atoms with E-state index in [1.807, 2.05) is 0 Å². The molecule has 2 aliphatic carbocycles. The van der Waals surface area contributed by atoms with Gasteiger partial charge in [0.2, 0.25) is 0 Å². The summed E-state index contributed by atoms with van der Waals surface area (Å²) in [5, 5.41) is 0. The summed E-state index contributed by atoms with van der Waals surface area (Å²) < 4.78 is 56.2. The summed E-state index contributed by atoms with van der Waals surface area (Å²) in [5.74, 6) is 2.58. The van der Waals surface area contributed by atoms with Crippen molar-refractivity contribution in [3.05, 3.63) is 11.9 Å². The van der Waals surface area contributed by atoms with E-state index in [-0.39, 0.29) is 6.08 Å². The highest BCUT2D eigenvalue weighted by Gasteiger charge is 2.34. The first-order valence-electron chi connectivity index (χ1n) is 12.4. The molecule has 1 aliphatic heterocycles. The predicted molar refractivity (Wildman–Crippen MR) is 113 cm³/mol. The molecule has 3 aliphatic rings. The van der Waals surface area contributed by atoms with Gasteiger partial charge < -0.3 is 4.74 Å². The Kier molecular flexibility index (Phi) is 9.09. The Morgan fingerprint density at radius 1 is 0.767 bits per heavy atom. The molecule has 30 heavy (non-hydrogen) atoms. The molecule has 1 heterocycles. The number of halogens is 4. The molecular weight excluding hydrogens is 392 g/mol. The molecular formula is C25H40F4O. The third kappa shape index (κ3) is 7.53. The lowest BCUT2D eigenvalue weighted by Gasteiger charge is -2.38. The van der Waals surface area contributed by atoms with Crippen molar-refractivity contribution in [1.82, 2.24) is 0 Å². The number of allylic oxidation sites excluding steroid dienone is 1. The van der Waals surface area contributed by atoms with Crippen molar-refractivity contribution in [3.8, 4) is 0 Å². The first-order chi connectivity index (χ1) is 14.3. The maximum atomic E-state index is 13.7. The van der Waals surface area contributed by atoms with E-state index in [1.54, 1.807) is 0 Å². The van der Waals surface area contributed by atoms with Gasteiger partial charge in [0.25, 0.3) is 0 Å². The Morgan fingerprint density at radius 2 is 1.27 bits per heavy atom. The van der Waals surface area contributed by atoms with Crippen LogP contribution in [0.4, 0.5) is 17.6 Å².